The zero-order chi connectivity index (χ0) is 24.4. The van der Waals surface area contributed by atoms with Crippen LogP contribution in [-0.4, -0.2) is 58.9 Å². The van der Waals surface area contributed by atoms with Crippen molar-refractivity contribution in [3.05, 3.63) is 69.8 Å². The van der Waals surface area contributed by atoms with Gasteiger partial charge in [-0.05, 0) is 74.4 Å². The van der Waals surface area contributed by atoms with Crippen molar-refractivity contribution in [2.45, 2.75) is 45.8 Å². The molecule has 1 amide bonds. The van der Waals surface area contributed by atoms with Crippen LogP contribution in [0.3, 0.4) is 0 Å². The van der Waals surface area contributed by atoms with Crippen molar-refractivity contribution in [1.82, 2.24) is 9.80 Å². The van der Waals surface area contributed by atoms with Crippen LogP contribution in [0.25, 0.3) is 5.76 Å². The fourth-order valence-corrected chi connectivity index (χ4v) is 4.96. The molecule has 0 aromatic heterocycles. The summed E-state index contributed by atoms with van der Waals surface area (Å²) >= 11 is 6.10. The number of benzene rings is 2. The molecule has 180 valence electrons. The van der Waals surface area contributed by atoms with Gasteiger partial charge in [-0.2, -0.15) is 0 Å². The lowest BCUT2D eigenvalue weighted by atomic mass is 9.94. The quantitative estimate of drug-likeness (QED) is 0.332. The Balaban J connectivity index is 1.72. The average Bonchev–Trinajstić information content (AvgIpc) is 3.32. The van der Waals surface area contributed by atoms with Crippen molar-refractivity contribution in [3.63, 3.8) is 0 Å². The van der Waals surface area contributed by atoms with Crippen LogP contribution in [-0.2, 0) is 16.0 Å². The van der Waals surface area contributed by atoms with E-state index in [1.165, 1.54) is 0 Å². The molecule has 2 aromatic rings. The minimum absolute atomic E-state index is 0.0675. The molecule has 7 heteroatoms. The molecule has 1 saturated heterocycles. The van der Waals surface area contributed by atoms with Crippen molar-refractivity contribution in [2.75, 3.05) is 26.2 Å². The first-order valence-electron chi connectivity index (χ1n) is 11.9. The molecule has 0 saturated carbocycles. The van der Waals surface area contributed by atoms with Gasteiger partial charge in [-0.1, -0.05) is 37.6 Å². The largest absolute Gasteiger partial charge is 0.507 e. The molecule has 0 unspecified atom stereocenters. The number of hydrogen-bond acceptors (Lipinski definition) is 5. The van der Waals surface area contributed by atoms with E-state index in [1.54, 1.807) is 23.1 Å². The van der Waals surface area contributed by atoms with Crippen molar-refractivity contribution in [3.8, 4) is 5.75 Å². The maximum atomic E-state index is 13.2. The first-order chi connectivity index (χ1) is 16.3. The predicted molar refractivity (Wildman–Crippen MR) is 133 cm³/mol. The molecule has 0 spiro atoms. The second-order valence-electron chi connectivity index (χ2n) is 8.88. The third-order valence-electron chi connectivity index (χ3n) is 6.66. The summed E-state index contributed by atoms with van der Waals surface area (Å²) in [6.07, 6.45) is 1.53. The number of carbonyl (C=O) groups is 2. The lowest BCUT2D eigenvalue weighted by molar-refractivity contribution is -0.140. The van der Waals surface area contributed by atoms with Gasteiger partial charge in [0.2, 0.25) is 0 Å². The zero-order valence-electron chi connectivity index (χ0n) is 19.9. The lowest BCUT2D eigenvalue weighted by Gasteiger charge is -2.27. The molecule has 0 radical (unpaired) electrons. The third-order valence-corrected chi connectivity index (χ3v) is 6.91. The molecular weight excluding hydrogens is 452 g/mol. The molecule has 0 bridgehead atoms. The third kappa shape index (κ3) is 4.70. The molecule has 4 rings (SSSR count). The van der Waals surface area contributed by atoms with Gasteiger partial charge in [0, 0.05) is 23.6 Å². The first-order valence-corrected chi connectivity index (χ1v) is 12.3. The van der Waals surface area contributed by atoms with Crippen molar-refractivity contribution in [2.24, 2.45) is 0 Å². The lowest BCUT2D eigenvalue weighted by Crippen LogP contribution is -2.33. The van der Waals surface area contributed by atoms with E-state index in [9.17, 15) is 14.7 Å². The van der Waals surface area contributed by atoms with E-state index in [-0.39, 0.29) is 17.4 Å². The van der Waals surface area contributed by atoms with Gasteiger partial charge in [0.1, 0.15) is 17.6 Å². The van der Waals surface area contributed by atoms with E-state index in [0.717, 1.165) is 49.4 Å². The standard InChI is InChI=1S/C27H31ClN2O4/c1-4-29(5-2)13-6-14-30-24(18-7-10-21(28)11-8-18)23(26(32)27(30)33)25(31)19-9-12-22-20(16-19)15-17(3)34-22/h7-12,16-17,24,31H,4-6,13-15H2,1-3H3/t17-,24+/m0/s1. The van der Waals surface area contributed by atoms with Gasteiger partial charge in [0.25, 0.3) is 11.7 Å². The number of halogens is 1. The zero-order valence-corrected chi connectivity index (χ0v) is 20.6. The number of aliphatic hydroxyl groups excluding tert-OH is 1. The molecule has 2 aliphatic heterocycles. The monoisotopic (exact) mass is 482 g/mol. The van der Waals surface area contributed by atoms with Gasteiger partial charge >= 0.3 is 0 Å². The topological polar surface area (TPSA) is 70.1 Å². The highest BCUT2D eigenvalue weighted by Crippen LogP contribution is 2.40. The summed E-state index contributed by atoms with van der Waals surface area (Å²) in [6, 6.07) is 11.8. The number of likely N-dealkylation sites (tertiary alicyclic amines) is 1. The summed E-state index contributed by atoms with van der Waals surface area (Å²) in [5.41, 5.74) is 2.35. The highest BCUT2D eigenvalue weighted by atomic mass is 35.5. The van der Waals surface area contributed by atoms with E-state index >= 15 is 0 Å². The fourth-order valence-electron chi connectivity index (χ4n) is 4.83. The second-order valence-corrected chi connectivity index (χ2v) is 9.32. The van der Waals surface area contributed by atoms with Crippen LogP contribution >= 0.6 is 11.6 Å². The first kappa shape index (κ1) is 24.3. The Hall–Kier alpha value is -2.83. The molecule has 2 heterocycles. The number of nitrogens with zero attached hydrogens (tertiary/aromatic N) is 2. The molecule has 6 nitrogen and oxygen atoms in total. The number of ether oxygens (including phenoxy) is 1. The van der Waals surface area contributed by atoms with Gasteiger partial charge < -0.3 is 19.6 Å². The normalized spacial score (nSPS) is 21.3. The molecule has 2 atom stereocenters. The Morgan fingerprint density at radius 1 is 1.15 bits per heavy atom. The minimum atomic E-state index is -0.669. The molecule has 1 N–H and O–H groups in total. The summed E-state index contributed by atoms with van der Waals surface area (Å²) in [5.74, 6) is -0.619. The molecule has 2 aromatic carbocycles. The number of ketones is 1. The number of amides is 1. The maximum Gasteiger partial charge on any atom is 0.295 e. The highest BCUT2D eigenvalue weighted by molar-refractivity contribution is 6.46. The number of fused-ring (bicyclic) bond motifs is 1. The van der Waals surface area contributed by atoms with Crippen LogP contribution < -0.4 is 4.74 Å². The number of aliphatic hydroxyl groups is 1. The van der Waals surface area contributed by atoms with Crippen LogP contribution in [0.15, 0.2) is 48.0 Å². The van der Waals surface area contributed by atoms with Crippen molar-refractivity contribution in [1.29, 1.82) is 0 Å². The van der Waals surface area contributed by atoms with Gasteiger partial charge in [-0.15, -0.1) is 0 Å². The van der Waals surface area contributed by atoms with Crippen LogP contribution in [0.1, 0.15) is 49.9 Å². The van der Waals surface area contributed by atoms with Crippen LogP contribution in [0, 0.1) is 0 Å². The maximum absolute atomic E-state index is 13.2. The predicted octanol–water partition coefficient (Wildman–Crippen LogP) is 4.82. The van der Waals surface area contributed by atoms with E-state index in [4.69, 9.17) is 16.3 Å². The van der Waals surface area contributed by atoms with Crippen LogP contribution in [0.2, 0.25) is 5.02 Å². The summed E-state index contributed by atoms with van der Waals surface area (Å²) in [4.78, 5) is 30.2. The van der Waals surface area contributed by atoms with Gasteiger partial charge in [-0.3, -0.25) is 9.59 Å². The van der Waals surface area contributed by atoms with Crippen molar-refractivity contribution >= 4 is 29.1 Å². The summed E-state index contributed by atoms with van der Waals surface area (Å²) in [6.45, 7) is 9.29. The van der Waals surface area contributed by atoms with E-state index in [2.05, 4.69) is 18.7 Å². The summed E-state index contributed by atoms with van der Waals surface area (Å²) in [5, 5.41) is 11.9. The highest BCUT2D eigenvalue weighted by Gasteiger charge is 2.45. The smallest absolute Gasteiger partial charge is 0.295 e. The second kappa shape index (κ2) is 10.2. The van der Waals surface area contributed by atoms with E-state index in [0.29, 0.717) is 17.1 Å². The van der Waals surface area contributed by atoms with E-state index in [1.807, 2.05) is 31.2 Å². The Morgan fingerprint density at radius 3 is 2.53 bits per heavy atom. The molecule has 1 fully saturated rings. The number of carbonyl (C=O) groups excluding carboxylic acids is 2. The van der Waals surface area contributed by atoms with Crippen LogP contribution in [0.4, 0.5) is 0 Å². The van der Waals surface area contributed by atoms with Crippen molar-refractivity contribution < 1.29 is 19.4 Å². The SMILES string of the molecule is CCN(CC)CCCN1C(=O)C(=O)C(=C(O)c2ccc3c(c2)C[C@H](C)O3)[C@H]1c1ccc(Cl)cc1. The Kier molecular flexibility index (Phi) is 7.29. The summed E-state index contributed by atoms with van der Waals surface area (Å²) < 4.78 is 5.76. The fraction of sp³-hybridized carbons (Fsp3) is 0.407. The Morgan fingerprint density at radius 2 is 1.85 bits per heavy atom. The average molecular weight is 483 g/mol. The Bertz CT molecular complexity index is 1110. The molecule has 0 aliphatic carbocycles. The van der Waals surface area contributed by atoms with Crippen LogP contribution in [0.5, 0.6) is 5.75 Å². The number of Topliss-reactive ketones (excluding diaryl/α,β-unsaturated/α-hetero) is 1. The molecule has 2 aliphatic rings. The van der Waals surface area contributed by atoms with Gasteiger partial charge in [0.05, 0.1) is 11.6 Å². The molecule has 34 heavy (non-hydrogen) atoms. The van der Waals surface area contributed by atoms with Gasteiger partial charge in [-0.25, -0.2) is 0 Å². The number of hydrogen-bond donors (Lipinski definition) is 1. The van der Waals surface area contributed by atoms with E-state index < -0.39 is 17.7 Å². The summed E-state index contributed by atoms with van der Waals surface area (Å²) in [7, 11) is 0. The molecular formula is C27H31ClN2O4. The minimum Gasteiger partial charge on any atom is -0.507 e. The van der Waals surface area contributed by atoms with Gasteiger partial charge in [0.15, 0.2) is 0 Å². The number of rotatable bonds is 8. The Labute approximate surface area is 205 Å².